The third kappa shape index (κ3) is 2.64. The van der Waals surface area contributed by atoms with Crippen LogP contribution in [0.4, 0.5) is 0 Å². The van der Waals surface area contributed by atoms with E-state index in [1.165, 1.54) is 22.1 Å². The van der Waals surface area contributed by atoms with Gasteiger partial charge in [0.15, 0.2) is 0 Å². The van der Waals surface area contributed by atoms with E-state index >= 15 is 0 Å². The quantitative estimate of drug-likeness (QED) is 0.816. The molecule has 0 bridgehead atoms. The molecule has 0 saturated heterocycles. The van der Waals surface area contributed by atoms with Gasteiger partial charge in [-0.15, -0.1) is 0 Å². The van der Waals surface area contributed by atoms with Gasteiger partial charge in [0.2, 0.25) is 0 Å². The second-order valence-electron chi connectivity index (χ2n) is 4.69. The van der Waals surface area contributed by atoms with Crippen LogP contribution in [0.2, 0.25) is 0 Å². The Morgan fingerprint density at radius 2 is 2.00 bits per heavy atom. The van der Waals surface area contributed by atoms with Crippen molar-refractivity contribution >= 4 is 10.9 Å². The molecule has 0 atom stereocenters. The number of nitrogens with zero attached hydrogens (tertiary/aromatic N) is 1. The minimum Gasteiger partial charge on any atom is -0.330 e. The van der Waals surface area contributed by atoms with Crippen molar-refractivity contribution in [3.8, 4) is 0 Å². The lowest BCUT2D eigenvalue weighted by Gasteiger charge is -2.09. The summed E-state index contributed by atoms with van der Waals surface area (Å²) in [5, 5.41) is 1.29. The number of aryl methyl sites for hydroxylation is 3. The molecule has 2 rings (SSSR count). The molecule has 2 nitrogen and oxygen atoms in total. The number of fused-ring (bicyclic) bond motifs is 1. The van der Waals surface area contributed by atoms with E-state index in [1.807, 2.05) is 6.20 Å². The molecule has 2 aromatic rings. The van der Waals surface area contributed by atoms with Gasteiger partial charge in [-0.25, -0.2) is 0 Å². The van der Waals surface area contributed by atoms with Crippen LogP contribution in [0.25, 0.3) is 10.9 Å². The molecule has 0 spiro atoms. The molecule has 0 unspecified atom stereocenters. The Morgan fingerprint density at radius 3 is 2.76 bits per heavy atom. The number of benzene rings is 1. The van der Waals surface area contributed by atoms with Crippen LogP contribution < -0.4 is 5.73 Å². The normalized spacial score (nSPS) is 11.0. The van der Waals surface area contributed by atoms with Gasteiger partial charge in [-0.1, -0.05) is 11.6 Å². The van der Waals surface area contributed by atoms with Gasteiger partial charge < -0.3 is 5.73 Å². The Labute approximate surface area is 103 Å². The maximum Gasteiger partial charge on any atom is 0.0736 e. The summed E-state index contributed by atoms with van der Waals surface area (Å²) in [6.07, 6.45) is 5.21. The highest BCUT2D eigenvalue weighted by Gasteiger charge is 2.05. The summed E-state index contributed by atoms with van der Waals surface area (Å²) in [5.41, 5.74) is 10.7. The van der Waals surface area contributed by atoms with E-state index in [-0.39, 0.29) is 0 Å². The van der Waals surface area contributed by atoms with Crippen molar-refractivity contribution in [2.24, 2.45) is 5.73 Å². The van der Waals surface area contributed by atoms with Crippen LogP contribution in [0.15, 0.2) is 24.4 Å². The predicted octanol–water partition coefficient (Wildman–Crippen LogP) is 3.13. The standard InChI is InChI=1S/C15H20N2/c1-11-9-13(5-3-4-7-16)15-14(10-11)12(2)6-8-17-15/h6,8-10H,3-5,7,16H2,1-2H3. The molecular formula is C15H20N2. The molecule has 1 aromatic carbocycles. The Hall–Kier alpha value is -1.41. The van der Waals surface area contributed by atoms with Crippen LogP contribution in [0.1, 0.15) is 29.5 Å². The molecule has 0 amide bonds. The van der Waals surface area contributed by atoms with Crippen LogP contribution in [0.5, 0.6) is 0 Å². The molecule has 0 fully saturated rings. The highest BCUT2D eigenvalue weighted by molar-refractivity contribution is 5.85. The fourth-order valence-corrected chi connectivity index (χ4v) is 2.27. The van der Waals surface area contributed by atoms with Crippen LogP contribution in [0.3, 0.4) is 0 Å². The first-order valence-electron chi connectivity index (χ1n) is 6.27. The molecule has 0 radical (unpaired) electrons. The monoisotopic (exact) mass is 228 g/mol. The molecule has 1 heterocycles. The van der Waals surface area contributed by atoms with Gasteiger partial charge >= 0.3 is 0 Å². The lowest BCUT2D eigenvalue weighted by Crippen LogP contribution is -2.00. The fourth-order valence-electron chi connectivity index (χ4n) is 2.27. The smallest absolute Gasteiger partial charge is 0.0736 e. The van der Waals surface area contributed by atoms with E-state index in [0.29, 0.717) is 0 Å². The van der Waals surface area contributed by atoms with Crippen LogP contribution in [-0.4, -0.2) is 11.5 Å². The molecule has 17 heavy (non-hydrogen) atoms. The number of pyridine rings is 1. The summed E-state index contributed by atoms with van der Waals surface area (Å²) >= 11 is 0. The number of nitrogens with two attached hydrogens (primary N) is 1. The first-order valence-corrected chi connectivity index (χ1v) is 6.27. The van der Waals surface area contributed by atoms with Crippen molar-refractivity contribution in [3.63, 3.8) is 0 Å². The number of unbranched alkanes of at least 4 members (excludes halogenated alkanes) is 1. The fraction of sp³-hybridized carbons (Fsp3) is 0.400. The molecule has 90 valence electrons. The predicted molar refractivity (Wildman–Crippen MR) is 73.2 cm³/mol. The van der Waals surface area contributed by atoms with E-state index in [0.717, 1.165) is 31.3 Å². The molecule has 2 heteroatoms. The third-order valence-corrected chi connectivity index (χ3v) is 3.19. The van der Waals surface area contributed by atoms with Crippen molar-refractivity contribution in [3.05, 3.63) is 41.1 Å². The number of hydrogen-bond donors (Lipinski definition) is 1. The molecule has 0 saturated carbocycles. The van der Waals surface area contributed by atoms with E-state index in [1.54, 1.807) is 0 Å². The maximum absolute atomic E-state index is 5.54. The zero-order valence-corrected chi connectivity index (χ0v) is 10.7. The molecule has 0 aliphatic heterocycles. The number of rotatable bonds is 4. The molecule has 0 aliphatic rings. The van der Waals surface area contributed by atoms with Crippen LogP contribution >= 0.6 is 0 Å². The van der Waals surface area contributed by atoms with Crippen molar-refractivity contribution in [1.29, 1.82) is 0 Å². The van der Waals surface area contributed by atoms with Gasteiger partial charge in [-0.3, -0.25) is 4.98 Å². The van der Waals surface area contributed by atoms with Crippen molar-refractivity contribution in [1.82, 2.24) is 4.98 Å². The van der Waals surface area contributed by atoms with Gasteiger partial charge in [0.1, 0.15) is 0 Å². The van der Waals surface area contributed by atoms with Gasteiger partial charge in [-0.2, -0.15) is 0 Å². The number of aromatic nitrogens is 1. The molecule has 1 aromatic heterocycles. The zero-order valence-electron chi connectivity index (χ0n) is 10.7. The van der Waals surface area contributed by atoms with Gasteiger partial charge in [0.05, 0.1) is 5.52 Å². The average Bonchev–Trinajstić information content (AvgIpc) is 2.31. The Balaban J connectivity index is 2.43. The van der Waals surface area contributed by atoms with E-state index in [9.17, 15) is 0 Å². The Bertz CT molecular complexity index is 518. The SMILES string of the molecule is Cc1cc(CCCCN)c2nccc(C)c2c1. The largest absolute Gasteiger partial charge is 0.330 e. The highest BCUT2D eigenvalue weighted by atomic mass is 14.7. The van der Waals surface area contributed by atoms with E-state index < -0.39 is 0 Å². The Morgan fingerprint density at radius 1 is 1.18 bits per heavy atom. The highest BCUT2D eigenvalue weighted by Crippen LogP contribution is 2.23. The zero-order chi connectivity index (χ0) is 12.3. The minimum atomic E-state index is 0.774. The maximum atomic E-state index is 5.54. The second-order valence-corrected chi connectivity index (χ2v) is 4.69. The summed E-state index contributed by atoms with van der Waals surface area (Å²) in [7, 11) is 0. The molecule has 0 aliphatic carbocycles. The summed E-state index contributed by atoms with van der Waals surface area (Å²) in [6, 6.07) is 6.56. The molecular weight excluding hydrogens is 208 g/mol. The Kier molecular flexibility index (Phi) is 3.75. The summed E-state index contributed by atoms with van der Waals surface area (Å²) in [6.45, 7) is 5.07. The van der Waals surface area contributed by atoms with E-state index in [4.69, 9.17) is 5.73 Å². The summed E-state index contributed by atoms with van der Waals surface area (Å²) in [4.78, 5) is 4.53. The lowest BCUT2D eigenvalue weighted by molar-refractivity contribution is 0.746. The van der Waals surface area contributed by atoms with E-state index in [2.05, 4.69) is 37.0 Å². The first-order chi connectivity index (χ1) is 8.22. The number of hydrogen-bond acceptors (Lipinski definition) is 2. The molecule has 2 N–H and O–H groups in total. The minimum absolute atomic E-state index is 0.774. The van der Waals surface area contributed by atoms with Crippen molar-refractivity contribution in [2.75, 3.05) is 6.54 Å². The average molecular weight is 228 g/mol. The topological polar surface area (TPSA) is 38.9 Å². The van der Waals surface area contributed by atoms with Gasteiger partial charge in [0, 0.05) is 11.6 Å². The third-order valence-electron chi connectivity index (χ3n) is 3.19. The van der Waals surface area contributed by atoms with Crippen molar-refractivity contribution < 1.29 is 0 Å². The lowest BCUT2D eigenvalue weighted by atomic mass is 9.99. The first kappa shape index (κ1) is 12.1. The van der Waals surface area contributed by atoms with Crippen LogP contribution in [-0.2, 0) is 6.42 Å². The van der Waals surface area contributed by atoms with Gasteiger partial charge in [-0.05, 0) is 62.9 Å². The van der Waals surface area contributed by atoms with Crippen molar-refractivity contribution in [2.45, 2.75) is 33.1 Å². The second kappa shape index (κ2) is 5.28. The van der Waals surface area contributed by atoms with Gasteiger partial charge in [0.25, 0.3) is 0 Å². The van der Waals surface area contributed by atoms with Crippen LogP contribution in [0, 0.1) is 13.8 Å². The summed E-state index contributed by atoms with van der Waals surface area (Å²) < 4.78 is 0. The summed E-state index contributed by atoms with van der Waals surface area (Å²) in [5.74, 6) is 0.